The largest absolute Gasteiger partial charge is 0.483 e. The van der Waals surface area contributed by atoms with Crippen LogP contribution in [0.15, 0.2) is 23.4 Å². The summed E-state index contributed by atoms with van der Waals surface area (Å²) in [4.78, 5) is 16.9. The minimum Gasteiger partial charge on any atom is -0.483 e. The monoisotopic (exact) mass is 547 g/mol. The fourth-order valence-corrected chi connectivity index (χ4v) is 5.98. The predicted molar refractivity (Wildman–Crippen MR) is 126 cm³/mol. The van der Waals surface area contributed by atoms with Crippen LogP contribution in [0.3, 0.4) is 0 Å². The van der Waals surface area contributed by atoms with Crippen molar-refractivity contribution in [3.63, 3.8) is 0 Å². The maximum Gasteiger partial charge on any atom is 0.291 e. The van der Waals surface area contributed by atoms with Gasteiger partial charge in [0, 0.05) is 32.4 Å². The van der Waals surface area contributed by atoms with Crippen LogP contribution in [0, 0.1) is 0 Å². The molecule has 0 bridgehead atoms. The molecule has 0 radical (unpaired) electrons. The van der Waals surface area contributed by atoms with Crippen molar-refractivity contribution in [3.8, 4) is 10.8 Å². The van der Waals surface area contributed by atoms with Gasteiger partial charge < -0.3 is 14.9 Å². The average molecular weight is 548 g/mol. The van der Waals surface area contributed by atoms with Crippen molar-refractivity contribution in [2.45, 2.75) is 29.7 Å². The maximum atomic E-state index is 13.4. The summed E-state index contributed by atoms with van der Waals surface area (Å²) in [6.07, 6.45) is 1.05. The van der Waals surface area contributed by atoms with Crippen LogP contribution in [0.4, 0.5) is 18.9 Å². The molecule has 2 aliphatic rings. The first-order valence-electron chi connectivity index (χ1n) is 10.9. The van der Waals surface area contributed by atoms with E-state index in [0.29, 0.717) is 48.5 Å². The molecule has 1 aliphatic carbocycles. The Bertz CT molecular complexity index is 1340. The zero-order valence-electron chi connectivity index (χ0n) is 19.1. The van der Waals surface area contributed by atoms with Gasteiger partial charge in [0.2, 0.25) is 10.0 Å². The summed E-state index contributed by atoms with van der Waals surface area (Å²) in [7, 11) is -2.03. The number of fused-ring (bicyclic) bond motifs is 1. The number of anilines is 1. The summed E-state index contributed by atoms with van der Waals surface area (Å²) in [6, 6.07) is 1.56. The molecule has 2 fully saturated rings. The van der Waals surface area contributed by atoms with Gasteiger partial charge in [-0.1, -0.05) is 11.3 Å². The Balaban J connectivity index is 0.000000967. The lowest BCUT2D eigenvalue weighted by molar-refractivity contribution is -0.122. The van der Waals surface area contributed by atoms with Crippen LogP contribution in [0.5, 0.6) is 0 Å². The predicted octanol–water partition coefficient (Wildman–Crippen LogP) is 2.02. The number of sulfonamides is 1. The zero-order chi connectivity index (χ0) is 26.1. The summed E-state index contributed by atoms with van der Waals surface area (Å²) in [5.41, 5.74) is 0.215. The van der Waals surface area contributed by atoms with Crippen molar-refractivity contribution in [1.82, 2.24) is 29.2 Å². The summed E-state index contributed by atoms with van der Waals surface area (Å²) < 4.78 is 69.9. The van der Waals surface area contributed by atoms with Gasteiger partial charge in [0.1, 0.15) is 11.6 Å². The van der Waals surface area contributed by atoms with E-state index in [1.165, 1.54) is 10.6 Å². The van der Waals surface area contributed by atoms with Gasteiger partial charge in [0.15, 0.2) is 15.8 Å². The molecule has 0 amide bonds. The molecule has 4 heterocycles. The standard InChI is InChI=1S/C19H22F3N7O2S2.CH2O2/c1-27-4-6-28(7-5-27)13-8-12(33(30,31)26-19(11-20)2-3-19)10-29-14(13)9-23-16(29)18-25-24-17(32-18)15(21)22;2-1-3/h8-10,15,26H,2-7,11H2,1H3;1H,(H,2,3). The number of imidazole rings is 1. The fourth-order valence-electron chi connectivity index (χ4n) is 3.83. The Morgan fingerprint density at radius 3 is 2.47 bits per heavy atom. The second-order valence-electron chi connectivity index (χ2n) is 8.56. The highest BCUT2D eigenvalue weighted by atomic mass is 32.2. The van der Waals surface area contributed by atoms with E-state index in [-0.39, 0.29) is 22.2 Å². The second kappa shape index (κ2) is 10.3. The van der Waals surface area contributed by atoms with Crippen LogP contribution in [-0.2, 0) is 14.8 Å². The van der Waals surface area contributed by atoms with Crippen molar-refractivity contribution in [3.05, 3.63) is 23.5 Å². The SMILES string of the molecule is CN1CCN(c2cc(S(=O)(=O)NC3(CF)CC3)cn3c(-c4nnc(C(F)F)s4)ncc23)CC1.O=CO. The van der Waals surface area contributed by atoms with Crippen LogP contribution in [0.1, 0.15) is 24.3 Å². The Morgan fingerprint density at radius 2 is 1.92 bits per heavy atom. The van der Waals surface area contributed by atoms with Crippen molar-refractivity contribution in [2.24, 2.45) is 0 Å². The molecule has 0 unspecified atom stereocenters. The molecule has 0 atom stereocenters. The minimum atomic E-state index is -4.04. The number of alkyl halides is 3. The van der Waals surface area contributed by atoms with E-state index in [1.54, 1.807) is 12.3 Å². The zero-order valence-corrected chi connectivity index (χ0v) is 20.8. The van der Waals surface area contributed by atoms with Crippen LogP contribution in [0.25, 0.3) is 16.3 Å². The van der Waals surface area contributed by atoms with E-state index >= 15 is 0 Å². The van der Waals surface area contributed by atoms with Gasteiger partial charge >= 0.3 is 0 Å². The molecular weight excluding hydrogens is 523 g/mol. The van der Waals surface area contributed by atoms with Crippen molar-refractivity contribution < 1.29 is 31.5 Å². The molecule has 3 aromatic rings. The quantitative estimate of drug-likeness (QED) is 0.426. The topological polar surface area (TPSA) is 133 Å². The highest BCUT2D eigenvalue weighted by Gasteiger charge is 2.46. The Labute approximate surface area is 208 Å². The first-order valence-corrected chi connectivity index (χ1v) is 13.2. The van der Waals surface area contributed by atoms with Crippen molar-refractivity contribution >= 4 is 39.0 Å². The third-order valence-electron chi connectivity index (χ3n) is 6.03. The Kier molecular flexibility index (Phi) is 7.49. The molecule has 1 saturated heterocycles. The van der Waals surface area contributed by atoms with Gasteiger partial charge in [-0.2, -0.15) is 0 Å². The maximum absolute atomic E-state index is 13.4. The average Bonchev–Trinajstić information content (AvgIpc) is 3.23. The van der Waals surface area contributed by atoms with E-state index in [4.69, 9.17) is 9.90 Å². The minimum absolute atomic E-state index is 0.0542. The number of hydrogen-bond acceptors (Lipinski definition) is 9. The lowest BCUT2D eigenvalue weighted by atomic mass is 10.2. The molecule has 0 aromatic carbocycles. The number of aromatic nitrogens is 4. The smallest absolute Gasteiger partial charge is 0.291 e. The molecule has 2 N–H and O–H groups in total. The number of carbonyl (C=O) groups is 1. The van der Waals surface area contributed by atoms with Gasteiger partial charge in [-0.3, -0.25) is 9.20 Å². The van der Waals surface area contributed by atoms with Gasteiger partial charge in [0.25, 0.3) is 12.9 Å². The number of hydrogen-bond donors (Lipinski definition) is 2. The molecule has 1 aliphatic heterocycles. The number of halogens is 3. The molecule has 1 saturated carbocycles. The summed E-state index contributed by atoms with van der Waals surface area (Å²) in [6.45, 7) is 1.90. The van der Waals surface area contributed by atoms with E-state index in [2.05, 4.69) is 29.7 Å². The molecule has 5 rings (SSSR count). The highest BCUT2D eigenvalue weighted by molar-refractivity contribution is 7.89. The van der Waals surface area contributed by atoms with Crippen molar-refractivity contribution in [2.75, 3.05) is 44.8 Å². The summed E-state index contributed by atoms with van der Waals surface area (Å²) in [5, 5.41) is 13.9. The molecule has 3 aromatic heterocycles. The number of carboxylic acid groups (broad SMARTS) is 1. The van der Waals surface area contributed by atoms with Crippen molar-refractivity contribution in [1.29, 1.82) is 0 Å². The fraction of sp³-hybridized carbons (Fsp3) is 0.500. The van der Waals surface area contributed by atoms with Gasteiger partial charge in [-0.05, 0) is 26.0 Å². The first kappa shape index (κ1) is 26.2. The first-order chi connectivity index (χ1) is 17.1. The molecular formula is C20H24F3N7O4S2. The van der Waals surface area contributed by atoms with Gasteiger partial charge in [-0.15, -0.1) is 10.2 Å². The number of nitrogens with one attached hydrogen (secondary N) is 1. The van der Waals surface area contributed by atoms with E-state index in [9.17, 15) is 21.6 Å². The lowest BCUT2D eigenvalue weighted by Crippen LogP contribution is -2.44. The van der Waals surface area contributed by atoms with E-state index in [1.807, 2.05) is 7.05 Å². The number of rotatable bonds is 7. The van der Waals surface area contributed by atoms with Crippen LogP contribution in [0.2, 0.25) is 0 Å². The number of piperazine rings is 1. The highest BCUT2D eigenvalue weighted by Crippen LogP contribution is 2.38. The normalized spacial score (nSPS) is 17.8. The molecule has 196 valence electrons. The molecule has 11 nitrogen and oxygen atoms in total. The Hall–Kier alpha value is -2.82. The third-order valence-corrected chi connectivity index (χ3v) is 8.50. The molecule has 36 heavy (non-hydrogen) atoms. The molecule has 16 heteroatoms. The van der Waals surface area contributed by atoms with E-state index in [0.717, 1.165) is 13.1 Å². The van der Waals surface area contributed by atoms with Crippen LogP contribution < -0.4 is 9.62 Å². The van der Waals surface area contributed by atoms with Gasteiger partial charge in [-0.25, -0.2) is 31.3 Å². The Morgan fingerprint density at radius 1 is 1.25 bits per heavy atom. The number of nitrogens with zero attached hydrogens (tertiary/aromatic N) is 6. The summed E-state index contributed by atoms with van der Waals surface area (Å²) >= 11 is 0.702. The second-order valence-corrected chi connectivity index (χ2v) is 11.3. The van der Waals surface area contributed by atoms with Crippen LogP contribution >= 0.6 is 11.3 Å². The number of pyridine rings is 1. The van der Waals surface area contributed by atoms with Gasteiger partial charge in [0.05, 0.1) is 22.9 Å². The third kappa shape index (κ3) is 5.30. The molecule has 0 spiro atoms. The van der Waals surface area contributed by atoms with E-state index < -0.39 is 33.7 Å². The number of likely N-dealkylation sites (N-methyl/N-ethyl adjacent to an activating group) is 1. The van der Waals surface area contributed by atoms with Crippen LogP contribution in [-0.4, -0.2) is 89.9 Å². The lowest BCUT2D eigenvalue weighted by Gasteiger charge is -2.34. The summed E-state index contributed by atoms with van der Waals surface area (Å²) in [5.74, 6) is 0.216.